The minimum absolute atomic E-state index is 0.287. The molecule has 0 saturated carbocycles. The van der Waals surface area contributed by atoms with Crippen LogP contribution in [0.5, 0.6) is 0 Å². The standard InChI is InChI=1S/C21H22FN3O3/c1-3-6-17-19(25-13-15(22)9-10-18(25)24-17)20(26)23-16-8-5-7-14(12-16)21(27)28-11-4-2/h5,7-10,12-13H,3-4,6,11H2,1-2H3,(H,23,26). The lowest BCUT2D eigenvalue weighted by atomic mass is 10.1. The summed E-state index contributed by atoms with van der Waals surface area (Å²) >= 11 is 0. The normalized spacial score (nSPS) is 10.8. The van der Waals surface area contributed by atoms with Gasteiger partial charge in [-0.2, -0.15) is 0 Å². The van der Waals surface area contributed by atoms with Gasteiger partial charge in [0.15, 0.2) is 0 Å². The Balaban J connectivity index is 1.90. The minimum Gasteiger partial charge on any atom is -0.462 e. The van der Waals surface area contributed by atoms with Gasteiger partial charge in [-0.25, -0.2) is 14.2 Å². The van der Waals surface area contributed by atoms with E-state index in [4.69, 9.17) is 4.74 Å². The van der Waals surface area contributed by atoms with E-state index >= 15 is 0 Å². The second-order valence-electron chi connectivity index (χ2n) is 6.40. The number of fused-ring (bicyclic) bond motifs is 1. The fourth-order valence-corrected chi connectivity index (χ4v) is 2.91. The first-order chi connectivity index (χ1) is 13.5. The Morgan fingerprint density at radius 1 is 1.18 bits per heavy atom. The van der Waals surface area contributed by atoms with Crippen molar-refractivity contribution in [2.75, 3.05) is 11.9 Å². The topological polar surface area (TPSA) is 72.7 Å². The maximum absolute atomic E-state index is 13.7. The van der Waals surface area contributed by atoms with Crippen LogP contribution in [0.4, 0.5) is 10.1 Å². The van der Waals surface area contributed by atoms with Gasteiger partial charge in [-0.15, -0.1) is 0 Å². The van der Waals surface area contributed by atoms with Crippen LogP contribution >= 0.6 is 0 Å². The smallest absolute Gasteiger partial charge is 0.338 e. The highest BCUT2D eigenvalue weighted by Gasteiger charge is 2.20. The summed E-state index contributed by atoms with van der Waals surface area (Å²) in [6.45, 7) is 4.23. The number of benzene rings is 1. The predicted molar refractivity (Wildman–Crippen MR) is 104 cm³/mol. The number of carbonyl (C=O) groups is 2. The first-order valence-corrected chi connectivity index (χ1v) is 9.28. The van der Waals surface area contributed by atoms with Gasteiger partial charge < -0.3 is 10.1 Å². The van der Waals surface area contributed by atoms with E-state index in [2.05, 4.69) is 10.3 Å². The summed E-state index contributed by atoms with van der Waals surface area (Å²) in [6, 6.07) is 9.37. The maximum Gasteiger partial charge on any atom is 0.338 e. The molecule has 0 saturated heterocycles. The molecular formula is C21H22FN3O3. The number of hydrogen-bond acceptors (Lipinski definition) is 4. The number of anilines is 1. The molecule has 0 aliphatic heterocycles. The van der Waals surface area contributed by atoms with Crippen molar-refractivity contribution < 1.29 is 18.7 Å². The molecule has 1 amide bonds. The van der Waals surface area contributed by atoms with Crippen LogP contribution < -0.4 is 5.32 Å². The zero-order valence-corrected chi connectivity index (χ0v) is 15.9. The lowest BCUT2D eigenvalue weighted by molar-refractivity contribution is 0.0505. The van der Waals surface area contributed by atoms with Crippen molar-refractivity contribution in [2.24, 2.45) is 0 Å². The van der Waals surface area contributed by atoms with Crippen LogP contribution in [-0.2, 0) is 11.2 Å². The molecule has 0 atom stereocenters. The number of rotatable bonds is 7. The molecule has 0 unspecified atom stereocenters. The molecule has 1 N–H and O–H groups in total. The SMILES string of the molecule is CCCOC(=O)c1cccc(NC(=O)c2c(CCC)nc3ccc(F)cn23)c1. The number of ether oxygens (including phenoxy) is 1. The Kier molecular flexibility index (Phi) is 6.03. The Bertz CT molecular complexity index is 1010. The second kappa shape index (κ2) is 8.65. The number of nitrogens with one attached hydrogen (secondary N) is 1. The van der Waals surface area contributed by atoms with E-state index in [1.54, 1.807) is 24.3 Å². The Hall–Kier alpha value is -3.22. The van der Waals surface area contributed by atoms with E-state index in [0.717, 1.165) is 12.8 Å². The molecule has 0 radical (unpaired) electrons. The number of esters is 1. The fourth-order valence-electron chi connectivity index (χ4n) is 2.91. The zero-order valence-electron chi connectivity index (χ0n) is 15.9. The first kappa shape index (κ1) is 19.5. The Morgan fingerprint density at radius 2 is 2.00 bits per heavy atom. The van der Waals surface area contributed by atoms with Crippen LogP contribution in [0.3, 0.4) is 0 Å². The average Bonchev–Trinajstić information content (AvgIpc) is 3.03. The molecule has 1 aromatic carbocycles. The first-order valence-electron chi connectivity index (χ1n) is 9.28. The van der Waals surface area contributed by atoms with Crippen molar-refractivity contribution in [2.45, 2.75) is 33.1 Å². The highest BCUT2D eigenvalue weighted by atomic mass is 19.1. The highest BCUT2D eigenvalue weighted by molar-refractivity contribution is 6.05. The molecule has 0 spiro atoms. The molecule has 146 valence electrons. The van der Waals surface area contributed by atoms with E-state index < -0.39 is 17.7 Å². The predicted octanol–water partition coefficient (Wildman–Crippen LogP) is 4.25. The summed E-state index contributed by atoms with van der Waals surface area (Å²) in [6.07, 6.45) is 3.36. The number of hydrogen-bond donors (Lipinski definition) is 1. The summed E-state index contributed by atoms with van der Waals surface area (Å²) in [4.78, 5) is 29.4. The lowest BCUT2D eigenvalue weighted by Gasteiger charge is -2.09. The van der Waals surface area contributed by atoms with Crippen LogP contribution in [0.25, 0.3) is 5.65 Å². The molecule has 3 aromatic rings. The number of aromatic nitrogens is 2. The van der Waals surface area contributed by atoms with Crippen LogP contribution in [-0.4, -0.2) is 27.9 Å². The Labute approximate surface area is 162 Å². The van der Waals surface area contributed by atoms with Crippen molar-refractivity contribution in [1.29, 1.82) is 0 Å². The second-order valence-corrected chi connectivity index (χ2v) is 6.40. The number of aryl methyl sites for hydroxylation is 1. The van der Waals surface area contributed by atoms with Crippen LogP contribution in [0, 0.1) is 5.82 Å². The number of amides is 1. The Morgan fingerprint density at radius 3 is 2.75 bits per heavy atom. The maximum atomic E-state index is 13.7. The van der Waals surface area contributed by atoms with Gasteiger partial charge in [0.1, 0.15) is 17.2 Å². The van der Waals surface area contributed by atoms with Gasteiger partial charge >= 0.3 is 5.97 Å². The fraction of sp³-hybridized carbons (Fsp3) is 0.286. The molecule has 2 aromatic heterocycles. The summed E-state index contributed by atoms with van der Waals surface area (Å²) < 4.78 is 20.3. The number of nitrogens with zero attached hydrogens (tertiary/aromatic N) is 2. The van der Waals surface area contributed by atoms with E-state index in [0.29, 0.717) is 35.6 Å². The van der Waals surface area contributed by atoms with Gasteiger partial charge in [0, 0.05) is 11.9 Å². The molecule has 0 aliphatic rings. The lowest BCUT2D eigenvalue weighted by Crippen LogP contribution is -2.17. The zero-order chi connectivity index (χ0) is 20.1. The number of imidazole rings is 1. The summed E-state index contributed by atoms with van der Waals surface area (Å²) in [5.41, 5.74) is 2.19. The van der Waals surface area contributed by atoms with Crippen molar-refractivity contribution in [3.63, 3.8) is 0 Å². The molecule has 0 aliphatic carbocycles. The van der Waals surface area contributed by atoms with Gasteiger partial charge in [-0.3, -0.25) is 9.20 Å². The quantitative estimate of drug-likeness (QED) is 0.619. The van der Waals surface area contributed by atoms with Crippen molar-refractivity contribution in [3.8, 4) is 0 Å². The molecule has 6 nitrogen and oxygen atoms in total. The number of carbonyl (C=O) groups excluding carboxylic acids is 2. The highest BCUT2D eigenvalue weighted by Crippen LogP contribution is 2.19. The van der Waals surface area contributed by atoms with Crippen LogP contribution in [0.2, 0.25) is 0 Å². The molecule has 3 rings (SSSR count). The number of halogens is 1. The summed E-state index contributed by atoms with van der Waals surface area (Å²) in [5, 5.41) is 2.78. The van der Waals surface area contributed by atoms with Crippen molar-refractivity contribution in [3.05, 3.63) is 65.4 Å². The molecule has 7 heteroatoms. The third-order valence-electron chi connectivity index (χ3n) is 4.15. The van der Waals surface area contributed by atoms with Crippen molar-refractivity contribution >= 4 is 23.2 Å². The molecular weight excluding hydrogens is 361 g/mol. The van der Waals surface area contributed by atoms with Gasteiger partial charge in [-0.1, -0.05) is 26.3 Å². The molecule has 0 bridgehead atoms. The summed E-state index contributed by atoms with van der Waals surface area (Å²) in [5.74, 6) is -1.32. The molecule has 28 heavy (non-hydrogen) atoms. The summed E-state index contributed by atoms with van der Waals surface area (Å²) in [7, 11) is 0. The van der Waals surface area contributed by atoms with Gasteiger partial charge in [-0.05, 0) is 43.2 Å². The largest absolute Gasteiger partial charge is 0.462 e. The van der Waals surface area contributed by atoms with Gasteiger partial charge in [0.05, 0.1) is 17.9 Å². The van der Waals surface area contributed by atoms with Crippen LogP contribution in [0.15, 0.2) is 42.6 Å². The van der Waals surface area contributed by atoms with Crippen LogP contribution in [0.1, 0.15) is 53.2 Å². The average molecular weight is 383 g/mol. The van der Waals surface area contributed by atoms with Gasteiger partial charge in [0.2, 0.25) is 0 Å². The van der Waals surface area contributed by atoms with E-state index in [1.165, 1.54) is 22.7 Å². The third-order valence-corrected chi connectivity index (χ3v) is 4.15. The number of pyridine rings is 1. The minimum atomic E-state index is -0.456. The van der Waals surface area contributed by atoms with E-state index in [1.807, 2.05) is 13.8 Å². The monoisotopic (exact) mass is 383 g/mol. The van der Waals surface area contributed by atoms with Gasteiger partial charge in [0.25, 0.3) is 5.91 Å². The van der Waals surface area contributed by atoms with E-state index in [9.17, 15) is 14.0 Å². The third kappa shape index (κ3) is 4.19. The molecule has 0 fully saturated rings. The molecule has 2 heterocycles. The van der Waals surface area contributed by atoms with Crippen molar-refractivity contribution in [1.82, 2.24) is 9.38 Å². The van der Waals surface area contributed by atoms with E-state index in [-0.39, 0.29) is 5.69 Å².